The maximum atomic E-state index is 11.4. The van der Waals surface area contributed by atoms with Gasteiger partial charge in [0, 0.05) is 6.20 Å². The van der Waals surface area contributed by atoms with Gasteiger partial charge in [-0.25, -0.2) is 4.52 Å². The fourth-order valence-electron chi connectivity index (χ4n) is 1.57. The Balaban J connectivity index is 2.93. The minimum Gasteiger partial charge on any atom is -0.310 e. The molecule has 0 fully saturated rings. The van der Waals surface area contributed by atoms with Crippen LogP contribution in [-0.4, -0.2) is 14.6 Å². The number of nitrogens with zero attached hydrogens (tertiary/aromatic N) is 2. The van der Waals surface area contributed by atoms with E-state index in [1.54, 1.807) is 4.52 Å². The lowest BCUT2D eigenvalue weighted by molar-refractivity contribution is 0.883. The van der Waals surface area contributed by atoms with Crippen molar-refractivity contribution < 1.29 is 0 Å². The van der Waals surface area contributed by atoms with Crippen LogP contribution in [0, 0.1) is 6.92 Å². The van der Waals surface area contributed by atoms with Crippen LogP contribution in [-0.2, 0) is 6.42 Å². The van der Waals surface area contributed by atoms with Crippen molar-refractivity contribution in [2.45, 2.75) is 20.3 Å². The molecular formula is C9H11N3O. The number of aromatic nitrogens is 3. The molecule has 0 aliphatic carbocycles. The van der Waals surface area contributed by atoms with Gasteiger partial charge in [-0.3, -0.25) is 4.79 Å². The summed E-state index contributed by atoms with van der Waals surface area (Å²) in [6, 6.07) is 0. The second-order valence-corrected chi connectivity index (χ2v) is 3.04. The average Bonchev–Trinajstić information content (AvgIpc) is 2.44. The molecule has 2 rings (SSSR count). The molecule has 2 aromatic rings. The molecule has 0 spiro atoms. The van der Waals surface area contributed by atoms with Crippen molar-refractivity contribution in [1.82, 2.24) is 14.6 Å². The van der Waals surface area contributed by atoms with Crippen LogP contribution in [0.25, 0.3) is 5.52 Å². The quantitative estimate of drug-likeness (QED) is 0.703. The Morgan fingerprint density at radius 1 is 1.62 bits per heavy atom. The molecule has 0 atom stereocenters. The van der Waals surface area contributed by atoms with Gasteiger partial charge in [0.2, 0.25) is 0 Å². The van der Waals surface area contributed by atoms with Gasteiger partial charge in [0.25, 0.3) is 5.56 Å². The second-order valence-electron chi connectivity index (χ2n) is 3.04. The van der Waals surface area contributed by atoms with Gasteiger partial charge < -0.3 is 4.98 Å². The molecule has 0 aliphatic rings. The number of H-pyrrole nitrogens is 1. The SMILES string of the molecule is CCc1cn2nc[nH]c(=O)c2c1C. The molecule has 0 amide bonds. The molecule has 0 unspecified atom stereocenters. The number of nitrogens with one attached hydrogen (secondary N) is 1. The fourth-order valence-corrected chi connectivity index (χ4v) is 1.57. The number of hydrogen-bond donors (Lipinski definition) is 1. The first-order chi connectivity index (χ1) is 6.24. The van der Waals surface area contributed by atoms with Crippen molar-refractivity contribution in [2.75, 3.05) is 0 Å². The summed E-state index contributed by atoms with van der Waals surface area (Å²) in [5, 5.41) is 4.03. The van der Waals surface area contributed by atoms with Gasteiger partial charge in [-0.2, -0.15) is 5.10 Å². The topological polar surface area (TPSA) is 50.2 Å². The minimum atomic E-state index is -0.0767. The summed E-state index contributed by atoms with van der Waals surface area (Å²) in [6.45, 7) is 4.01. The van der Waals surface area contributed by atoms with Crippen LogP contribution in [0.15, 0.2) is 17.3 Å². The standard InChI is InChI=1S/C9H11N3O/c1-3-7-4-12-8(6(7)2)9(13)10-5-11-12/h4-5H,3H2,1-2H3,(H,10,11,13). The van der Waals surface area contributed by atoms with Gasteiger partial charge in [0.05, 0.1) is 0 Å². The molecule has 0 aromatic carbocycles. The molecule has 2 aromatic heterocycles. The van der Waals surface area contributed by atoms with Crippen LogP contribution in [0.3, 0.4) is 0 Å². The van der Waals surface area contributed by atoms with Crippen LogP contribution in [0.1, 0.15) is 18.1 Å². The van der Waals surface area contributed by atoms with E-state index < -0.39 is 0 Å². The Kier molecular flexibility index (Phi) is 1.69. The molecule has 2 heterocycles. The van der Waals surface area contributed by atoms with Crippen LogP contribution >= 0.6 is 0 Å². The zero-order chi connectivity index (χ0) is 9.42. The summed E-state index contributed by atoms with van der Waals surface area (Å²) >= 11 is 0. The number of aromatic amines is 1. The fraction of sp³-hybridized carbons (Fsp3) is 0.333. The van der Waals surface area contributed by atoms with E-state index in [-0.39, 0.29) is 5.56 Å². The third kappa shape index (κ3) is 1.06. The van der Waals surface area contributed by atoms with Gasteiger partial charge in [-0.1, -0.05) is 6.92 Å². The molecule has 1 N–H and O–H groups in total. The monoisotopic (exact) mass is 177 g/mol. The molecule has 68 valence electrons. The Morgan fingerprint density at radius 2 is 2.38 bits per heavy atom. The maximum absolute atomic E-state index is 11.4. The predicted molar refractivity (Wildman–Crippen MR) is 49.9 cm³/mol. The minimum absolute atomic E-state index is 0.0767. The molecule has 13 heavy (non-hydrogen) atoms. The summed E-state index contributed by atoms with van der Waals surface area (Å²) in [4.78, 5) is 14.0. The van der Waals surface area contributed by atoms with Gasteiger partial charge in [-0.15, -0.1) is 0 Å². The van der Waals surface area contributed by atoms with E-state index in [1.165, 1.54) is 11.9 Å². The van der Waals surface area contributed by atoms with Crippen molar-refractivity contribution in [3.63, 3.8) is 0 Å². The third-order valence-corrected chi connectivity index (χ3v) is 2.32. The normalized spacial score (nSPS) is 10.9. The third-order valence-electron chi connectivity index (χ3n) is 2.32. The molecule has 0 aliphatic heterocycles. The molecule has 0 saturated heterocycles. The Labute approximate surface area is 75.2 Å². The summed E-state index contributed by atoms with van der Waals surface area (Å²) < 4.78 is 1.63. The number of hydrogen-bond acceptors (Lipinski definition) is 2. The Hall–Kier alpha value is -1.58. The summed E-state index contributed by atoms with van der Waals surface area (Å²) in [5.41, 5.74) is 2.77. The number of aryl methyl sites for hydroxylation is 2. The average molecular weight is 177 g/mol. The van der Waals surface area contributed by atoms with E-state index in [1.807, 2.05) is 13.1 Å². The van der Waals surface area contributed by atoms with Crippen molar-refractivity contribution in [1.29, 1.82) is 0 Å². The molecule has 4 nitrogen and oxygen atoms in total. The molecule has 0 saturated carbocycles. The van der Waals surface area contributed by atoms with Gasteiger partial charge >= 0.3 is 0 Å². The highest BCUT2D eigenvalue weighted by Gasteiger charge is 2.07. The molecule has 0 radical (unpaired) electrons. The zero-order valence-electron chi connectivity index (χ0n) is 7.66. The Bertz CT molecular complexity index is 495. The van der Waals surface area contributed by atoms with E-state index in [0.29, 0.717) is 5.52 Å². The lowest BCUT2D eigenvalue weighted by Crippen LogP contribution is -2.10. The van der Waals surface area contributed by atoms with E-state index in [9.17, 15) is 4.79 Å². The molecule has 4 heteroatoms. The van der Waals surface area contributed by atoms with Crippen LogP contribution in [0.5, 0.6) is 0 Å². The first kappa shape index (κ1) is 8.04. The summed E-state index contributed by atoms with van der Waals surface area (Å²) in [6.07, 6.45) is 4.24. The van der Waals surface area contributed by atoms with Crippen LogP contribution < -0.4 is 5.56 Å². The first-order valence-electron chi connectivity index (χ1n) is 4.28. The van der Waals surface area contributed by atoms with Crippen molar-refractivity contribution in [2.24, 2.45) is 0 Å². The van der Waals surface area contributed by atoms with Crippen LogP contribution in [0.2, 0.25) is 0 Å². The smallest absolute Gasteiger partial charge is 0.275 e. The van der Waals surface area contributed by atoms with Gasteiger partial charge in [0.15, 0.2) is 0 Å². The summed E-state index contributed by atoms with van der Waals surface area (Å²) in [7, 11) is 0. The largest absolute Gasteiger partial charge is 0.310 e. The number of rotatable bonds is 1. The lowest BCUT2D eigenvalue weighted by atomic mass is 10.1. The van der Waals surface area contributed by atoms with Gasteiger partial charge in [-0.05, 0) is 24.5 Å². The summed E-state index contributed by atoms with van der Waals surface area (Å²) in [5.74, 6) is 0. The van der Waals surface area contributed by atoms with Crippen molar-refractivity contribution in [3.8, 4) is 0 Å². The highest BCUT2D eigenvalue weighted by atomic mass is 16.1. The van der Waals surface area contributed by atoms with Crippen molar-refractivity contribution >= 4 is 5.52 Å². The number of fused-ring (bicyclic) bond motifs is 1. The first-order valence-corrected chi connectivity index (χ1v) is 4.28. The highest BCUT2D eigenvalue weighted by molar-refractivity contribution is 5.55. The maximum Gasteiger partial charge on any atom is 0.275 e. The van der Waals surface area contributed by atoms with Crippen LogP contribution in [0.4, 0.5) is 0 Å². The van der Waals surface area contributed by atoms with E-state index in [4.69, 9.17) is 0 Å². The molecular weight excluding hydrogens is 166 g/mol. The molecule has 0 bridgehead atoms. The predicted octanol–water partition coefficient (Wildman–Crippen LogP) is 0.893. The van der Waals surface area contributed by atoms with E-state index >= 15 is 0 Å². The highest BCUT2D eigenvalue weighted by Crippen LogP contribution is 2.12. The van der Waals surface area contributed by atoms with Gasteiger partial charge in [0.1, 0.15) is 11.8 Å². The zero-order valence-corrected chi connectivity index (χ0v) is 7.66. The second kappa shape index (κ2) is 2.73. The van der Waals surface area contributed by atoms with Crippen molar-refractivity contribution in [3.05, 3.63) is 34.0 Å². The lowest BCUT2D eigenvalue weighted by Gasteiger charge is -1.91. The Morgan fingerprint density at radius 3 is 3.00 bits per heavy atom. The van der Waals surface area contributed by atoms with E-state index in [2.05, 4.69) is 17.0 Å². The van der Waals surface area contributed by atoms with E-state index in [0.717, 1.165) is 12.0 Å².